The first-order valence-corrected chi connectivity index (χ1v) is 3.66. The fourth-order valence-electron chi connectivity index (χ4n) is 0.818. The van der Waals surface area contributed by atoms with Gasteiger partial charge in [-0.15, -0.1) is 10.2 Å². The van der Waals surface area contributed by atoms with E-state index in [2.05, 4.69) is 15.4 Å². The zero-order chi connectivity index (χ0) is 8.10. The number of aliphatic hydroxyl groups excluding tert-OH is 1. The van der Waals surface area contributed by atoms with Gasteiger partial charge in [-0.3, -0.25) is 0 Å². The Kier molecular flexibility index (Phi) is 2.97. The van der Waals surface area contributed by atoms with Crippen LogP contribution in [0.5, 0.6) is 0 Å². The fourth-order valence-corrected chi connectivity index (χ4v) is 0.818. The summed E-state index contributed by atoms with van der Waals surface area (Å²) in [5.41, 5.74) is 0. The molecule has 0 aliphatic heterocycles. The van der Waals surface area contributed by atoms with Gasteiger partial charge in [0, 0.05) is 13.0 Å². The number of aryl methyl sites for hydroxylation is 2. The number of unbranched alkanes of at least 4 members (excludes halogenated alkanes) is 1. The molecule has 0 spiro atoms. The van der Waals surface area contributed by atoms with Gasteiger partial charge in [0.25, 0.3) is 0 Å². The van der Waals surface area contributed by atoms with E-state index in [4.69, 9.17) is 5.11 Å². The first kappa shape index (κ1) is 8.13. The summed E-state index contributed by atoms with van der Waals surface area (Å²) in [7, 11) is 1.74. The van der Waals surface area contributed by atoms with Crippen LogP contribution in [0.3, 0.4) is 0 Å². The maximum Gasteiger partial charge on any atom is 0.174 e. The van der Waals surface area contributed by atoms with E-state index in [1.54, 1.807) is 7.05 Å². The van der Waals surface area contributed by atoms with Crippen molar-refractivity contribution in [3.63, 3.8) is 0 Å². The van der Waals surface area contributed by atoms with Gasteiger partial charge in [-0.2, -0.15) is 4.80 Å². The minimum absolute atomic E-state index is 0.236. The van der Waals surface area contributed by atoms with Crippen LogP contribution in [0.1, 0.15) is 18.7 Å². The third-order valence-corrected chi connectivity index (χ3v) is 1.36. The Morgan fingerprint density at radius 1 is 1.45 bits per heavy atom. The summed E-state index contributed by atoms with van der Waals surface area (Å²) in [6.07, 6.45) is 2.52. The van der Waals surface area contributed by atoms with E-state index in [0.29, 0.717) is 0 Å². The molecule has 0 unspecified atom stereocenters. The Balaban J connectivity index is 2.27. The number of hydrogen-bond acceptors (Lipinski definition) is 4. The number of aliphatic hydroxyl groups is 1. The molecular formula is C6H12N4O. The highest BCUT2D eigenvalue weighted by Crippen LogP contribution is 1.95. The average Bonchev–Trinajstić information content (AvgIpc) is 2.37. The van der Waals surface area contributed by atoms with Gasteiger partial charge in [-0.25, -0.2) is 0 Å². The van der Waals surface area contributed by atoms with Gasteiger partial charge in [0.05, 0.1) is 7.05 Å². The number of aromatic nitrogens is 4. The van der Waals surface area contributed by atoms with Gasteiger partial charge in [-0.05, 0) is 18.1 Å². The minimum Gasteiger partial charge on any atom is -0.396 e. The summed E-state index contributed by atoms with van der Waals surface area (Å²) in [5.74, 6) is 0.751. The van der Waals surface area contributed by atoms with E-state index >= 15 is 0 Å². The summed E-state index contributed by atoms with van der Waals surface area (Å²) < 4.78 is 0. The van der Waals surface area contributed by atoms with Crippen LogP contribution in [0.25, 0.3) is 0 Å². The van der Waals surface area contributed by atoms with Crippen molar-refractivity contribution in [2.45, 2.75) is 19.3 Å². The van der Waals surface area contributed by atoms with E-state index in [0.717, 1.165) is 25.1 Å². The van der Waals surface area contributed by atoms with Gasteiger partial charge in [0.15, 0.2) is 5.82 Å². The van der Waals surface area contributed by atoms with Crippen molar-refractivity contribution in [2.24, 2.45) is 7.05 Å². The molecule has 1 rings (SSSR count). The number of rotatable bonds is 4. The van der Waals surface area contributed by atoms with E-state index in [1.165, 1.54) is 4.80 Å². The molecule has 5 heteroatoms. The predicted octanol–water partition coefficient (Wildman–Crippen LogP) is -0.475. The van der Waals surface area contributed by atoms with Crippen LogP contribution in [0.4, 0.5) is 0 Å². The molecule has 1 N–H and O–H groups in total. The molecule has 0 atom stereocenters. The number of nitrogens with zero attached hydrogens (tertiary/aromatic N) is 4. The highest BCUT2D eigenvalue weighted by Gasteiger charge is 1.98. The van der Waals surface area contributed by atoms with Crippen LogP contribution in [0, 0.1) is 0 Å². The molecule has 1 aromatic heterocycles. The summed E-state index contributed by atoms with van der Waals surface area (Å²) in [6.45, 7) is 0.236. The molecule has 5 nitrogen and oxygen atoms in total. The molecule has 1 aromatic rings. The summed E-state index contributed by atoms with van der Waals surface area (Å²) in [6, 6.07) is 0. The SMILES string of the molecule is Cn1nnc(CCCCO)n1. The first-order chi connectivity index (χ1) is 5.33. The predicted molar refractivity (Wildman–Crippen MR) is 38.8 cm³/mol. The van der Waals surface area contributed by atoms with E-state index in [1.807, 2.05) is 0 Å². The van der Waals surface area contributed by atoms with Gasteiger partial charge in [-0.1, -0.05) is 0 Å². The third-order valence-electron chi connectivity index (χ3n) is 1.36. The molecule has 11 heavy (non-hydrogen) atoms. The van der Waals surface area contributed by atoms with Crippen LogP contribution in [0.15, 0.2) is 0 Å². The van der Waals surface area contributed by atoms with Crippen molar-refractivity contribution < 1.29 is 5.11 Å². The Labute approximate surface area is 65.0 Å². The highest BCUT2D eigenvalue weighted by molar-refractivity contribution is 4.75. The topological polar surface area (TPSA) is 63.8 Å². The zero-order valence-corrected chi connectivity index (χ0v) is 6.56. The summed E-state index contributed by atoms with van der Waals surface area (Å²) in [4.78, 5) is 1.44. The molecule has 62 valence electrons. The van der Waals surface area contributed by atoms with Crippen LogP contribution in [-0.4, -0.2) is 31.9 Å². The fraction of sp³-hybridized carbons (Fsp3) is 0.833. The molecule has 0 aromatic carbocycles. The molecule has 0 radical (unpaired) electrons. The van der Waals surface area contributed by atoms with Gasteiger partial charge < -0.3 is 5.11 Å². The van der Waals surface area contributed by atoms with Crippen molar-refractivity contribution >= 4 is 0 Å². The first-order valence-electron chi connectivity index (χ1n) is 3.66. The molecule has 0 saturated carbocycles. The lowest BCUT2D eigenvalue weighted by Crippen LogP contribution is -1.94. The van der Waals surface area contributed by atoms with Crippen molar-refractivity contribution in [3.8, 4) is 0 Å². The minimum atomic E-state index is 0.236. The lowest BCUT2D eigenvalue weighted by molar-refractivity contribution is 0.284. The van der Waals surface area contributed by atoms with Crippen LogP contribution < -0.4 is 0 Å². The zero-order valence-electron chi connectivity index (χ0n) is 6.56. The molecule has 0 saturated heterocycles. The highest BCUT2D eigenvalue weighted by atomic mass is 16.2. The third kappa shape index (κ3) is 2.63. The quantitative estimate of drug-likeness (QED) is 0.598. The van der Waals surface area contributed by atoms with Crippen molar-refractivity contribution in [1.29, 1.82) is 0 Å². The van der Waals surface area contributed by atoms with E-state index < -0.39 is 0 Å². The largest absolute Gasteiger partial charge is 0.396 e. The van der Waals surface area contributed by atoms with Crippen LogP contribution in [-0.2, 0) is 13.5 Å². The average molecular weight is 156 g/mol. The van der Waals surface area contributed by atoms with Gasteiger partial charge in [0.2, 0.25) is 0 Å². The molecule has 0 aliphatic rings. The second-order valence-corrected chi connectivity index (χ2v) is 2.38. The van der Waals surface area contributed by atoms with Gasteiger partial charge in [0.1, 0.15) is 0 Å². The Morgan fingerprint density at radius 2 is 2.27 bits per heavy atom. The maximum atomic E-state index is 8.49. The van der Waals surface area contributed by atoms with Crippen LogP contribution in [0.2, 0.25) is 0 Å². The standard InChI is InChI=1S/C6H12N4O/c1-10-8-6(7-9-10)4-2-3-5-11/h11H,2-5H2,1H3. The van der Waals surface area contributed by atoms with Crippen molar-refractivity contribution in [3.05, 3.63) is 5.82 Å². The van der Waals surface area contributed by atoms with Crippen molar-refractivity contribution in [1.82, 2.24) is 20.2 Å². The smallest absolute Gasteiger partial charge is 0.174 e. The van der Waals surface area contributed by atoms with Crippen LogP contribution >= 0.6 is 0 Å². The maximum absolute atomic E-state index is 8.49. The monoisotopic (exact) mass is 156 g/mol. The second kappa shape index (κ2) is 4.02. The second-order valence-electron chi connectivity index (χ2n) is 2.38. The van der Waals surface area contributed by atoms with Crippen molar-refractivity contribution in [2.75, 3.05) is 6.61 Å². The Morgan fingerprint density at radius 3 is 2.82 bits per heavy atom. The number of tetrazole rings is 1. The normalized spacial score (nSPS) is 10.4. The van der Waals surface area contributed by atoms with Gasteiger partial charge >= 0.3 is 0 Å². The van der Waals surface area contributed by atoms with E-state index in [9.17, 15) is 0 Å². The lowest BCUT2D eigenvalue weighted by Gasteiger charge is -1.90. The molecular weight excluding hydrogens is 144 g/mol. The Bertz CT molecular complexity index is 210. The molecule has 1 heterocycles. The molecule has 0 amide bonds. The number of hydrogen-bond donors (Lipinski definition) is 1. The summed E-state index contributed by atoms with van der Waals surface area (Å²) in [5, 5.41) is 20.0. The molecule has 0 aliphatic carbocycles. The summed E-state index contributed by atoms with van der Waals surface area (Å²) >= 11 is 0. The molecule has 0 bridgehead atoms. The molecule has 0 fully saturated rings. The Hall–Kier alpha value is -0.970. The van der Waals surface area contributed by atoms with E-state index in [-0.39, 0.29) is 6.61 Å². The lowest BCUT2D eigenvalue weighted by atomic mass is 10.2.